The molecular formula is C22H28N4O3. The Morgan fingerprint density at radius 2 is 1.69 bits per heavy atom. The predicted octanol–water partition coefficient (Wildman–Crippen LogP) is 1.61. The molecule has 0 spiro atoms. The minimum atomic E-state index is -0.921. The zero-order valence-corrected chi connectivity index (χ0v) is 16.5. The molecule has 29 heavy (non-hydrogen) atoms. The van der Waals surface area contributed by atoms with Gasteiger partial charge in [-0.1, -0.05) is 36.4 Å². The number of hydrogen-bond donors (Lipinski definition) is 2. The van der Waals surface area contributed by atoms with E-state index in [0.717, 1.165) is 44.0 Å². The summed E-state index contributed by atoms with van der Waals surface area (Å²) < 4.78 is 0. The molecule has 2 heterocycles. The van der Waals surface area contributed by atoms with Crippen LogP contribution >= 0.6 is 0 Å². The van der Waals surface area contributed by atoms with Gasteiger partial charge in [0.2, 0.25) is 5.91 Å². The summed E-state index contributed by atoms with van der Waals surface area (Å²) in [5.74, 6) is -1.85. The third-order valence-corrected chi connectivity index (χ3v) is 5.17. The van der Waals surface area contributed by atoms with E-state index in [-0.39, 0.29) is 12.3 Å². The maximum Gasteiger partial charge on any atom is 0.308 e. The molecule has 0 unspecified atom stereocenters. The van der Waals surface area contributed by atoms with E-state index in [1.165, 1.54) is 0 Å². The molecule has 1 atom stereocenters. The first kappa shape index (κ1) is 21.0. The molecule has 0 aliphatic carbocycles. The standard InChI is InChI=1S/C22H28N4O3/c27-21(24-15-18-6-2-1-3-7-18)14-19(22(28)29)16-25-10-12-26(13-11-25)17-20-8-4-5-9-23-20/h1-9,19H,10-17H2,(H,24,27)(H,28,29)/t19-/m1/s1. The zero-order valence-electron chi connectivity index (χ0n) is 16.5. The summed E-state index contributed by atoms with van der Waals surface area (Å²) in [6.07, 6.45) is 1.79. The average Bonchev–Trinajstić information content (AvgIpc) is 2.74. The molecule has 0 bridgehead atoms. The minimum absolute atomic E-state index is 0.00365. The van der Waals surface area contributed by atoms with Crippen LogP contribution in [0.15, 0.2) is 54.7 Å². The van der Waals surface area contributed by atoms with Gasteiger partial charge in [0.25, 0.3) is 0 Å². The Kier molecular flexibility index (Phi) is 7.72. The van der Waals surface area contributed by atoms with Crippen molar-refractivity contribution in [2.75, 3.05) is 32.7 Å². The number of carboxylic acids is 1. The fourth-order valence-electron chi connectivity index (χ4n) is 3.48. The van der Waals surface area contributed by atoms with Gasteiger partial charge in [-0.05, 0) is 17.7 Å². The Bertz CT molecular complexity index is 777. The van der Waals surface area contributed by atoms with Crippen molar-refractivity contribution in [2.24, 2.45) is 5.92 Å². The van der Waals surface area contributed by atoms with Crippen molar-refractivity contribution in [3.63, 3.8) is 0 Å². The Morgan fingerprint density at radius 1 is 1.00 bits per heavy atom. The summed E-state index contributed by atoms with van der Waals surface area (Å²) in [5.41, 5.74) is 2.04. The summed E-state index contributed by atoms with van der Waals surface area (Å²) in [5, 5.41) is 12.4. The van der Waals surface area contributed by atoms with Gasteiger partial charge in [0.1, 0.15) is 0 Å². The smallest absolute Gasteiger partial charge is 0.308 e. The number of carboxylic acid groups (broad SMARTS) is 1. The van der Waals surface area contributed by atoms with Crippen molar-refractivity contribution in [2.45, 2.75) is 19.5 Å². The maximum absolute atomic E-state index is 12.2. The summed E-state index contributed by atoms with van der Waals surface area (Å²) >= 11 is 0. The van der Waals surface area contributed by atoms with E-state index >= 15 is 0 Å². The van der Waals surface area contributed by atoms with Gasteiger partial charge in [0.15, 0.2) is 0 Å². The van der Waals surface area contributed by atoms with Crippen molar-refractivity contribution in [3.8, 4) is 0 Å². The van der Waals surface area contributed by atoms with Crippen LogP contribution in [0.5, 0.6) is 0 Å². The highest BCUT2D eigenvalue weighted by Crippen LogP contribution is 2.12. The first-order chi connectivity index (χ1) is 14.1. The molecule has 1 aromatic heterocycles. The maximum atomic E-state index is 12.2. The zero-order chi connectivity index (χ0) is 20.5. The van der Waals surface area contributed by atoms with Crippen LogP contribution in [0.4, 0.5) is 0 Å². The number of rotatable bonds is 9. The van der Waals surface area contributed by atoms with E-state index in [1.54, 1.807) is 6.20 Å². The van der Waals surface area contributed by atoms with Gasteiger partial charge in [0.05, 0.1) is 11.6 Å². The lowest BCUT2D eigenvalue weighted by Gasteiger charge is -2.35. The van der Waals surface area contributed by atoms with E-state index in [4.69, 9.17) is 0 Å². The van der Waals surface area contributed by atoms with Gasteiger partial charge < -0.3 is 10.4 Å². The highest BCUT2D eigenvalue weighted by atomic mass is 16.4. The molecular weight excluding hydrogens is 368 g/mol. The lowest BCUT2D eigenvalue weighted by atomic mass is 10.0. The number of amides is 1. The van der Waals surface area contributed by atoms with Crippen LogP contribution in [0.2, 0.25) is 0 Å². The quantitative estimate of drug-likeness (QED) is 0.670. The van der Waals surface area contributed by atoms with E-state index < -0.39 is 11.9 Å². The van der Waals surface area contributed by atoms with Crippen LogP contribution in [0.3, 0.4) is 0 Å². The van der Waals surface area contributed by atoms with Crippen LogP contribution in [0.1, 0.15) is 17.7 Å². The fourth-order valence-corrected chi connectivity index (χ4v) is 3.48. The van der Waals surface area contributed by atoms with Crippen molar-refractivity contribution in [1.82, 2.24) is 20.1 Å². The molecule has 7 nitrogen and oxygen atoms in total. The van der Waals surface area contributed by atoms with Crippen LogP contribution < -0.4 is 5.32 Å². The SMILES string of the molecule is O=C(C[C@H](CN1CCN(Cc2ccccn2)CC1)C(=O)O)NCc1ccccc1. The van der Waals surface area contributed by atoms with Crippen molar-refractivity contribution in [3.05, 3.63) is 66.0 Å². The monoisotopic (exact) mass is 396 g/mol. The molecule has 0 radical (unpaired) electrons. The van der Waals surface area contributed by atoms with Gasteiger partial charge in [-0.2, -0.15) is 0 Å². The number of aliphatic carboxylic acids is 1. The largest absolute Gasteiger partial charge is 0.481 e. The highest BCUT2D eigenvalue weighted by Gasteiger charge is 2.26. The third kappa shape index (κ3) is 6.96. The number of carbonyl (C=O) groups excluding carboxylic acids is 1. The topological polar surface area (TPSA) is 85.8 Å². The summed E-state index contributed by atoms with van der Waals surface area (Å²) in [7, 11) is 0. The molecule has 1 fully saturated rings. The van der Waals surface area contributed by atoms with Gasteiger partial charge in [0, 0.05) is 58.4 Å². The molecule has 2 aromatic rings. The molecule has 1 aliphatic rings. The third-order valence-electron chi connectivity index (χ3n) is 5.17. The average molecular weight is 396 g/mol. The molecule has 1 saturated heterocycles. The number of carbonyl (C=O) groups is 2. The first-order valence-electron chi connectivity index (χ1n) is 9.98. The minimum Gasteiger partial charge on any atom is -0.481 e. The Morgan fingerprint density at radius 3 is 2.34 bits per heavy atom. The second-order valence-corrected chi connectivity index (χ2v) is 7.40. The first-order valence-corrected chi connectivity index (χ1v) is 9.98. The van der Waals surface area contributed by atoms with Gasteiger partial charge >= 0.3 is 5.97 Å². The van der Waals surface area contributed by atoms with Crippen LogP contribution in [0, 0.1) is 5.92 Å². The normalized spacial score (nSPS) is 16.3. The van der Waals surface area contributed by atoms with Crippen LogP contribution in [-0.2, 0) is 22.7 Å². The van der Waals surface area contributed by atoms with Crippen LogP contribution in [0.25, 0.3) is 0 Å². The van der Waals surface area contributed by atoms with Gasteiger partial charge in [-0.25, -0.2) is 0 Å². The second kappa shape index (κ2) is 10.7. The number of hydrogen-bond acceptors (Lipinski definition) is 5. The molecule has 3 rings (SSSR count). The summed E-state index contributed by atoms with van der Waals surface area (Å²) in [6.45, 7) is 4.93. The number of nitrogens with zero attached hydrogens (tertiary/aromatic N) is 3. The number of benzene rings is 1. The van der Waals surface area contributed by atoms with Crippen molar-refractivity contribution < 1.29 is 14.7 Å². The number of aromatic nitrogens is 1. The highest BCUT2D eigenvalue weighted by molar-refractivity contribution is 5.82. The Labute approximate surface area is 171 Å². The molecule has 2 N–H and O–H groups in total. The van der Waals surface area contributed by atoms with E-state index in [0.29, 0.717) is 13.1 Å². The molecule has 7 heteroatoms. The number of pyridine rings is 1. The fraction of sp³-hybridized carbons (Fsp3) is 0.409. The second-order valence-electron chi connectivity index (χ2n) is 7.40. The molecule has 1 aliphatic heterocycles. The van der Waals surface area contributed by atoms with Gasteiger partial charge in [-0.15, -0.1) is 0 Å². The molecule has 1 aromatic carbocycles. The summed E-state index contributed by atoms with van der Waals surface area (Å²) in [6, 6.07) is 15.5. The van der Waals surface area contributed by atoms with Crippen molar-refractivity contribution in [1.29, 1.82) is 0 Å². The lowest BCUT2D eigenvalue weighted by Crippen LogP contribution is -2.48. The summed E-state index contributed by atoms with van der Waals surface area (Å²) in [4.78, 5) is 32.7. The molecule has 1 amide bonds. The number of nitrogens with one attached hydrogen (secondary N) is 1. The Hall–Kier alpha value is -2.77. The van der Waals surface area contributed by atoms with E-state index in [9.17, 15) is 14.7 Å². The lowest BCUT2D eigenvalue weighted by molar-refractivity contribution is -0.145. The Balaban J connectivity index is 1.42. The van der Waals surface area contributed by atoms with Gasteiger partial charge in [-0.3, -0.25) is 24.4 Å². The predicted molar refractivity (Wildman–Crippen MR) is 110 cm³/mol. The number of piperazine rings is 1. The van der Waals surface area contributed by atoms with Crippen molar-refractivity contribution >= 4 is 11.9 Å². The molecule has 0 saturated carbocycles. The van der Waals surface area contributed by atoms with E-state index in [2.05, 4.69) is 20.1 Å². The molecule has 154 valence electrons. The van der Waals surface area contributed by atoms with Crippen LogP contribution in [-0.4, -0.2) is 64.5 Å². The van der Waals surface area contributed by atoms with E-state index in [1.807, 2.05) is 48.5 Å².